The van der Waals surface area contributed by atoms with Crippen molar-refractivity contribution in [1.82, 2.24) is 0 Å². The SMILES string of the molecule is CC1Oc2c(Br)sc(-c3ccccc3)c2O1. The topological polar surface area (TPSA) is 18.5 Å². The first-order valence-corrected chi connectivity index (χ1v) is 6.57. The molecule has 82 valence electrons. The van der Waals surface area contributed by atoms with E-state index >= 15 is 0 Å². The third-order valence-corrected chi connectivity index (χ3v) is 4.22. The Morgan fingerprint density at radius 2 is 1.81 bits per heavy atom. The third kappa shape index (κ3) is 1.53. The molecule has 1 unspecified atom stereocenters. The lowest BCUT2D eigenvalue weighted by Crippen LogP contribution is -2.11. The molecular formula is C12H9BrO2S. The lowest BCUT2D eigenvalue weighted by molar-refractivity contribution is 0.0677. The Morgan fingerprint density at radius 3 is 2.56 bits per heavy atom. The number of rotatable bonds is 1. The maximum absolute atomic E-state index is 5.67. The van der Waals surface area contributed by atoms with Crippen LogP contribution < -0.4 is 9.47 Å². The zero-order valence-corrected chi connectivity index (χ0v) is 11.0. The fourth-order valence-corrected chi connectivity index (χ4v) is 3.38. The average molecular weight is 297 g/mol. The van der Waals surface area contributed by atoms with Crippen molar-refractivity contribution >= 4 is 27.3 Å². The van der Waals surface area contributed by atoms with E-state index in [0.29, 0.717) is 0 Å². The van der Waals surface area contributed by atoms with Crippen LogP contribution in [-0.4, -0.2) is 6.29 Å². The third-order valence-electron chi connectivity index (χ3n) is 2.39. The van der Waals surface area contributed by atoms with Gasteiger partial charge in [-0.05, 0) is 21.5 Å². The number of ether oxygens (including phenoxy) is 2. The second kappa shape index (κ2) is 3.79. The van der Waals surface area contributed by atoms with Gasteiger partial charge in [-0.3, -0.25) is 0 Å². The van der Waals surface area contributed by atoms with E-state index in [0.717, 1.165) is 25.7 Å². The van der Waals surface area contributed by atoms with Crippen LogP contribution in [0.2, 0.25) is 0 Å². The van der Waals surface area contributed by atoms with Gasteiger partial charge < -0.3 is 9.47 Å². The highest BCUT2D eigenvalue weighted by Gasteiger charge is 2.29. The monoisotopic (exact) mass is 296 g/mol. The lowest BCUT2D eigenvalue weighted by atomic mass is 10.2. The summed E-state index contributed by atoms with van der Waals surface area (Å²) in [4.78, 5) is 1.12. The molecule has 0 amide bonds. The molecule has 1 aliphatic heterocycles. The van der Waals surface area contributed by atoms with Crippen LogP contribution >= 0.6 is 27.3 Å². The van der Waals surface area contributed by atoms with Crippen molar-refractivity contribution in [3.8, 4) is 21.9 Å². The predicted molar refractivity (Wildman–Crippen MR) is 68.2 cm³/mol. The minimum absolute atomic E-state index is 0.197. The molecular weight excluding hydrogens is 288 g/mol. The molecule has 1 atom stereocenters. The summed E-state index contributed by atoms with van der Waals surface area (Å²) in [5, 5.41) is 0. The molecule has 0 spiro atoms. The molecule has 0 radical (unpaired) electrons. The van der Waals surface area contributed by atoms with Crippen LogP contribution in [-0.2, 0) is 0 Å². The quantitative estimate of drug-likeness (QED) is 0.781. The van der Waals surface area contributed by atoms with Crippen LogP contribution in [0.5, 0.6) is 11.5 Å². The Labute approximate surface area is 106 Å². The van der Waals surface area contributed by atoms with Crippen LogP contribution in [0.25, 0.3) is 10.4 Å². The summed E-state index contributed by atoms with van der Waals surface area (Å²) in [5.41, 5.74) is 1.16. The molecule has 0 N–H and O–H groups in total. The van der Waals surface area contributed by atoms with Crippen LogP contribution in [0.4, 0.5) is 0 Å². The van der Waals surface area contributed by atoms with Gasteiger partial charge in [0.2, 0.25) is 6.29 Å². The highest BCUT2D eigenvalue weighted by atomic mass is 79.9. The summed E-state index contributed by atoms with van der Waals surface area (Å²) in [7, 11) is 0. The smallest absolute Gasteiger partial charge is 0.239 e. The molecule has 3 rings (SSSR count). The highest BCUT2D eigenvalue weighted by Crippen LogP contribution is 2.53. The molecule has 1 aromatic carbocycles. The van der Waals surface area contributed by atoms with Crippen molar-refractivity contribution in [3.63, 3.8) is 0 Å². The molecule has 0 saturated heterocycles. The first-order valence-electron chi connectivity index (χ1n) is 4.96. The van der Waals surface area contributed by atoms with Gasteiger partial charge in [0, 0.05) is 6.92 Å². The van der Waals surface area contributed by atoms with Gasteiger partial charge in [-0.1, -0.05) is 30.3 Å². The average Bonchev–Trinajstić information content (AvgIpc) is 2.80. The number of hydrogen-bond donors (Lipinski definition) is 0. The molecule has 0 fully saturated rings. The standard InChI is InChI=1S/C12H9BrO2S/c1-7-14-9-10(15-7)12(13)16-11(9)8-5-3-2-4-6-8/h2-7H,1H3. The minimum Gasteiger partial charge on any atom is -0.450 e. The van der Waals surface area contributed by atoms with Gasteiger partial charge in [0.15, 0.2) is 11.5 Å². The molecule has 1 aromatic heterocycles. The zero-order valence-electron chi connectivity index (χ0n) is 8.57. The first kappa shape index (κ1) is 10.2. The second-order valence-corrected chi connectivity index (χ2v) is 5.87. The fraction of sp³-hybridized carbons (Fsp3) is 0.167. The molecule has 2 heterocycles. The van der Waals surface area contributed by atoms with E-state index in [2.05, 4.69) is 28.1 Å². The largest absolute Gasteiger partial charge is 0.450 e. The van der Waals surface area contributed by atoms with Crippen LogP contribution in [0.3, 0.4) is 0 Å². The second-order valence-electron chi connectivity index (χ2n) is 3.53. The van der Waals surface area contributed by atoms with E-state index in [4.69, 9.17) is 9.47 Å². The van der Waals surface area contributed by atoms with Crippen LogP contribution in [0, 0.1) is 0 Å². The molecule has 16 heavy (non-hydrogen) atoms. The number of halogens is 1. The molecule has 0 bridgehead atoms. The van der Waals surface area contributed by atoms with Gasteiger partial charge in [0.25, 0.3) is 0 Å². The van der Waals surface area contributed by atoms with E-state index in [1.807, 2.05) is 25.1 Å². The molecule has 0 aliphatic carbocycles. The summed E-state index contributed by atoms with van der Waals surface area (Å²) >= 11 is 5.15. The Kier molecular flexibility index (Phi) is 2.41. The molecule has 0 saturated carbocycles. The number of thiophene rings is 1. The maximum atomic E-state index is 5.67. The van der Waals surface area contributed by atoms with E-state index in [1.165, 1.54) is 0 Å². The van der Waals surface area contributed by atoms with Crippen molar-refractivity contribution in [3.05, 3.63) is 34.1 Å². The summed E-state index contributed by atoms with van der Waals surface area (Å²) in [6.45, 7) is 1.89. The van der Waals surface area contributed by atoms with Gasteiger partial charge >= 0.3 is 0 Å². The number of benzene rings is 1. The molecule has 2 nitrogen and oxygen atoms in total. The van der Waals surface area contributed by atoms with Gasteiger partial charge in [0.05, 0.1) is 4.88 Å². The Bertz CT molecular complexity index is 521. The van der Waals surface area contributed by atoms with Gasteiger partial charge in [-0.25, -0.2) is 0 Å². The Balaban J connectivity index is 2.14. The maximum Gasteiger partial charge on any atom is 0.239 e. The lowest BCUT2D eigenvalue weighted by Gasteiger charge is -2.04. The summed E-state index contributed by atoms with van der Waals surface area (Å²) in [6.07, 6.45) is -0.197. The van der Waals surface area contributed by atoms with Crippen molar-refractivity contribution < 1.29 is 9.47 Å². The van der Waals surface area contributed by atoms with Crippen molar-refractivity contribution in [2.75, 3.05) is 0 Å². The summed E-state index contributed by atoms with van der Waals surface area (Å²) < 4.78 is 12.2. The highest BCUT2D eigenvalue weighted by molar-refractivity contribution is 9.11. The fourth-order valence-electron chi connectivity index (χ4n) is 1.72. The zero-order chi connectivity index (χ0) is 11.1. The Morgan fingerprint density at radius 1 is 1.12 bits per heavy atom. The normalized spacial score (nSPS) is 17.8. The number of fused-ring (bicyclic) bond motifs is 1. The number of hydrogen-bond acceptors (Lipinski definition) is 3. The van der Waals surface area contributed by atoms with E-state index in [1.54, 1.807) is 11.3 Å². The van der Waals surface area contributed by atoms with Crippen molar-refractivity contribution in [2.45, 2.75) is 13.2 Å². The van der Waals surface area contributed by atoms with E-state index in [-0.39, 0.29) is 6.29 Å². The summed E-state index contributed by atoms with van der Waals surface area (Å²) in [6, 6.07) is 10.2. The van der Waals surface area contributed by atoms with Crippen LogP contribution in [0.1, 0.15) is 6.92 Å². The predicted octanol–water partition coefficient (Wildman–Crippen LogP) is 4.29. The van der Waals surface area contributed by atoms with Gasteiger partial charge in [-0.15, -0.1) is 11.3 Å². The van der Waals surface area contributed by atoms with E-state index in [9.17, 15) is 0 Å². The van der Waals surface area contributed by atoms with Crippen molar-refractivity contribution in [2.24, 2.45) is 0 Å². The van der Waals surface area contributed by atoms with Crippen LogP contribution in [0.15, 0.2) is 34.1 Å². The summed E-state index contributed by atoms with van der Waals surface area (Å²) in [5.74, 6) is 1.69. The van der Waals surface area contributed by atoms with Gasteiger partial charge in [-0.2, -0.15) is 0 Å². The first-order chi connectivity index (χ1) is 7.75. The van der Waals surface area contributed by atoms with Gasteiger partial charge in [0.1, 0.15) is 3.79 Å². The Hall–Kier alpha value is -1.00. The van der Waals surface area contributed by atoms with E-state index < -0.39 is 0 Å². The van der Waals surface area contributed by atoms with Crippen molar-refractivity contribution in [1.29, 1.82) is 0 Å². The minimum atomic E-state index is -0.197. The molecule has 4 heteroatoms. The molecule has 1 aliphatic rings. The molecule has 2 aromatic rings.